The van der Waals surface area contributed by atoms with Gasteiger partial charge in [0.15, 0.2) is 6.04 Å². The monoisotopic (exact) mass is 332 g/mol. The van der Waals surface area contributed by atoms with Crippen LogP contribution >= 0.6 is 15.9 Å². The Morgan fingerprint density at radius 1 is 1.53 bits per heavy atom. The zero-order chi connectivity index (χ0) is 14.6. The third kappa shape index (κ3) is 4.07. The van der Waals surface area contributed by atoms with Crippen LogP contribution in [0.15, 0.2) is 16.7 Å². The summed E-state index contributed by atoms with van der Waals surface area (Å²) in [6.45, 7) is 3.80. The fourth-order valence-corrected chi connectivity index (χ4v) is 2.07. The van der Waals surface area contributed by atoms with E-state index in [0.717, 1.165) is 4.47 Å². The number of carbonyl (C=O) groups excluding carboxylic acids is 1. The van der Waals surface area contributed by atoms with Crippen molar-refractivity contribution in [1.82, 2.24) is 9.88 Å². The number of hydrogen-bond donors (Lipinski definition) is 2. The van der Waals surface area contributed by atoms with Gasteiger partial charge >= 0.3 is 5.97 Å². The van der Waals surface area contributed by atoms with Crippen molar-refractivity contribution in [2.24, 2.45) is 0 Å². The maximum atomic E-state index is 12.1. The van der Waals surface area contributed by atoms with Crippen LogP contribution < -0.4 is 5.32 Å². The Morgan fingerprint density at radius 2 is 2.16 bits per heavy atom. The van der Waals surface area contributed by atoms with Crippen molar-refractivity contribution in [2.75, 3.05) is 13.7 Å². The van der Waals surface area contributed by atoms with Gasteiger partial charge in [0.2, 0.25) is 0 Å². The van der Waals surface area contributed by atoms with Crippen LogP contribution in [-0.4, -0.2) is 41.3 Å². The fourth-order valence-electron chi connectivity index (χ4n) is 1.63. The molecule has 1 aromatic heterocycles. The zero-order valence-corrected chi connectivity index (χ0v) is 12.6. The molecule has 2 N–H and O–H groups in total. The number of hydrogen-bond acceptors (Lipinski definition) is 3. The summed E-state index contributed by atoms with van der Waals surface area (Å²) >= 11 is 3.30. The van der Waals surface area contributed by atoms with Gasteiger partial charge in [-0.15, -0.1) is 0 Å². The van der Waals surface area contributed by atoms with Gasteiger partial charge < -0.3 is 19.7 Å². The molecule has 1 amide bonds. The molecular formula is C12H17BrN2O4. The Labute approximate surface area is 119 Å². The van der Waals surface area contributed by atoms with Crippen LogP contribution in [0, 0.1) is 0 Å². The molecule has 0 saturated carbocycles. The molecule has 0 bridgehead atoms. The van der Waals surface area contributed by atoms with E-state index >= 15 is 0 Å². The lowest BCUT2D eigenvalue weighted by atomic mass is 10.3. The van der Waals surface area contributed by atoms with Gasteiger partial charge in [0, 0.05) is 23.8 Å². The van der Waals surface area contributed by atoms with Crippen molar-refractivity contribution >= 4 is 27.8 Å². The van der Waals surface area contributed by atoms with Gasteiger partial charge in [-0.25, -0.2) is 4.79 Å². The predicted molar refractivity (Wildman–Crippen MR) is 73.3 cm³/mol. The minimum Gasteiger partial charge on any atom is -0.480 e. The normalized spacial score (nSPS) is 12.5. The van der Waals surface area contributed by atoms with E-state index in [9.17, 15) is 9.59 Å². The predicted octanol–water partition coefficient (Wildman–Crippen LogP) is 1.66. The van der Waals surface area contributed by atoms with Crippen molar-refractivity contribution in [3.63, 3.8) is 0 Å². The minimum atomic E-state index is -1.13. The molecule has 1 atom stereocenters. The van der Waals surface area contributed by atoms with E-state index in [2.05, 4.69) is 21.2 Å². The second-order valence-electron chi connectivity index (χ2n) is 4.36. The van der Waals surface area contributed by atoms with E-state index in [1.807, 2.05) is 13.8 Å². The summed E-state index contributed by atoms with van der Waals surface area (Å²) in [4.78, 5) is 23.1. The lowest BCUT2D eigenvalue weighted by molar-refractivity contribution is -0.140. The highest BCUT2D eigenvalue weighted by molar-refractivity contribution is 9.10. The molecule has 0 radical (unpaired) electrons. The van der Waals surface area contributed by atoms with Crippen LogP contribution in [0.4, 0.5) is 0 Å². The quantitative estimate of drug-likeness (QED) is 0.830. The maximum Gasteiger partial charge on any atom is 0.328 e. The molecule has 7 heteroatoms. The van der Waals surface area contributed by atoms with Gasteiger partial charge in [-0.1, -0.05) is 0 Å². The van der Waals surface area contributed by atoms with Gasteiger partial charge in [-0.05, 0) is 35.8 Å². The van der Waals surface area contributed by atoms with Crippen LogP contribution in [0.1, 0.15) is 30.4 Å². The SMILES string of the molecule is COCC(NC(=O)c1cc(Br)cn1C(C)C)C(=O)O. The van der Waals surface area contributed by atoms with Gasteiger partial charge in [0.05, 0.1) is 6.61 Å². The second kappa shape index (κ2) is 6.72. The molecule has 0 fully saturated rings. The van der Waals surface area contributed by atoms with Crippen molar-refractivity contribution in [3.8, 4) is 0 Å². The molecule has 19 heavy (non-hydrogen) atoms. The Bertz CT molecular complexity index is 470. The second-order valence-corrected chi connectivity index (χ2v) is 5.28. The molecule has 1 heterocycles. The summed E-state index contributed by atoms with van der Waals surface area (Å²) in [5, 5.41) is 11.4. The zero-order valence-electron chi connectivity index (χ0n) is 11.0. The molecular weight excluding hydrogens is 316 g/mol. The molecule has 106 valence electrons. The molecule has 0 aliphatic heterocycles. The number of aromatic nitrogens is 1. The van der Waals surface area contributed by atoms with E-state index in [0.29, 0.717) is 5.69 Å². The molecule has 0 aliphatic carbocycles. The summed E-state index contributed by atoms with van der Waals surface area (Å²) in [7, 11) is 1.38. The van der Waals surface area contributed by atoms with E-state index in [1.165, 1.54) is 7.11 Å². The van der Waals surface area contributed by atoms with Gasteiger partial charge in [0.1, 0.15) is 5.69 Å². The fraction of sp³-hybridized carbons (Fsp3) is 0.500. The highest BCUT2D eigenvalue weighted by atomic mass is 79.9. The first-order valence-electron chi connectivity index (χ1n) is 5.76. The van der Waals surface area contributed by atoms with E-state index in [-0.39, 0.29) is 12.6 Å². The number of ether oxygens (including phenoxy) is 1. The number of nitrogens with one attached hydrogen (secondary N) is 1. The number of carboxylic acid groups (broad SMARTS) is 1. The van der Waals surface area contributed by atoms with E-state index in [1.54, 1.807) is 16.8 Å². The summed E-state index contributed by atoms with van der Waals surface area (Å²) in [6.07, 6.45) is 1.78. The number of aliphatic carboxylic acids is 1. The highest BCUT2D eigenvalue weighted by Gasteiger charge is 2.23. The Hall–Kier alpha value is -1.34. The number of carboxylic acids is 1. The molecule has 1 unspecified atom stereocenters. The molecule has 0 aliphatic rings. The summed E-state index contributed by atoms with van der Waals surface area (Å²) in [5.41, 5.74) is 0.407. The molecule has 1 aromatic rings. The first-order valence-corrected chi connectivity index (χ1v) is 6.56. The largest absolute Gasteiger partial charge is 0.480 e. The Balaban J connectivity index is 2.91. The smallest absolute Gasteiger partial charge is 0.328 e. The topological polar surface area (TPSA) is 80.6 Å². The third-order valence-electron chi connectivity index (χ3n) is 2.54. The summed E-state index contributed by atoms with van der Waals surface area (Å²) in [6, 6.07) is 0.686. The lowest BCUT2D eigenvalue weighted by Crippen LogP contribution is -2.44. The first kappa shape index (κ1) is 15.7. The van der Waals surface area contributed by atoms with Crippen molar-refractivity contribution in [1.29, 1.82) is 0 Å². The lowest BCUT2D eigenvalue weighted by Gasteiger charge is -2.16. The summed E-state index contributed by atoms with van der Waals surface area (Å²) < 4.78 is 7.31. The average Bonchev–Trinajstić information content (AvgIpc) is 2.70. The van der Waals surface area contributed by atoms with Gasteiger partial charge in [0.25, 0.3) is 5.91 Å². The molecule has 1 rings (SSSR count). The molecule has 0 spiro atoms. The van der Waals surface area contributed by atoms with Crippen LogP contribution in [0.25, 0.3) is 0 Å². The van der Waals surface area contributed by atoms with Crippen molar-refractivity contribution in [3.05, 3.63) is 22.4 Å². The summed E-state index contributed by atoms with van der Waals surface area (Å²) in [5.74, 6) is -1.57. The number of rotatable bonds is 6. The number of methoxy groups -OCH3 is 1. The molecule has 0 saturated heterocycles. The third-order valence-corrected chi connectivity index (χ3v) is 2.97. The number of amides is 1. The maximum absolute atomic E-state index is 12.1. The number of halogens is 1. The first-order chi connectivity index (χ1) is 8.86. The van der Waals surface area contributed by atoms with Gasteiger partial charge in [-0.3, -0.25) is 4.79 Å². The van der Waals surface area contributed by atoms with E-state index < -0.39 is 17.9 Å². The van der Waals surface area contributed by atoms with Crippen LogP contribution in [-0.2, 0) is 9.53 Å². The van der Waals surface area contributed by atoms with Gasteiger partial charge in [-0.2, -0.15) is 0 Å². The number of carbonyl (C=O) groups is 2. The molecule has 6 nitrogen and oxygen atoms in total. The Kier molecular flexibility index (Phi) is 5.56. The highest BCUT2D eigenvalue weighted by Crippen LogP contribution is 2.19. The Morgan fingerprint density at radius 3 is 2.63 bits per heavy atom. The minimum absolute atomic E-state index is 0.0787. The van der Waals surface area contributed by atoms with Crippen molar-refractivity contribution < 1.29 is 19.4 Å². The molecule has 0 aromatic carbocycles. The van der Waals surface area contributed by atoms with E-state index in [4.69, 9.17) is 9.84 Å². The standard InChI is InChI=1S/C12H17BrN2O4/c1-7(2)15-5-8(13)4-10(15)11(16)14-9(6-19-3)12(17)18/h4-5,7,9H,6H2,1-3H3,(H,14,16)(H,17,18). The van der Waals surface area contributed by atoms with Crippen LogP contribution in [0.2, 0.25) is 0 Å². The van der Waals surface area contributed by atoms with Crippen LogP contribution in [0.3, 0.4) is 0 Å². The van der Waals surface area contributed by atoms with Crippen LogP contribution in [0.5, 0.6) is 0 Å². The average molecular weight is 333 g/mol. The number of nitrogens with zero attached hydrogens (tertiary/aromatic N) is 1. The van der Waals surface area contributed by atoms with Crippen molar-refractivity contribution in [2.45, 2.75) is 25.9 Å².